The van der Waals surface area contributed by atoms with Crippen LogP contribution < -0.4 is 9.62 Å². The van der Waals surface area contributed by atoms with Crippen molar-refractivity contribution in [1.29, 1.82) is 0 Å². The number of hydrogen-bond donors (Lipinski definition) is 1. The first-order valence-electron chi connectivity index (χ1n) is 8.70. The number of hydrogen-bond acceptors (Lipinski definition) is 3. The predicted molar refractivity (Wildman–Crippen MR) is 106 cm³/mol. The van der Waals surface area contributed by atoms with Gasteiger partial charge in [-0.1, -0.05) is 62.4 Å². The molecule has 0 bridgehead atoms. The van der Waals surface area contributed by atoms with Crippen LogP contribution in [0, 0.1) is 0 Å². The lowest BCUT2D eigenvalue weighted by Crippen LogP contribution is -2.41. The second-order valence-electron chi connectivity index (χ2n) is 6.37. The van der Waals surface area contributed by atoms with Crippen molar-refractivity contribution in [3.8, 4) is 0 Å². The fourth-order valence-electron chi connectivity index (χ4n) is 2.79. The Hall–Kier alpha value is -2.34. The maximum atomic E-state index is 12.4. The molecule has 1 N–H and O–H groups in total. The van der Waals surface area contributed by atoms with Gasteiger partial charge in [0.1, 0.15) is 6.54 Å². The van der Waals surface area contributed by atoms with E-state index in [9.17, 15) is 13.2 Å². The van der Waals surface area contributed by atoms with Gasteiger partial charge in [0.2, 0.25) is 15.9 Å². The zero-order valence-electron chi connectivity index (χ0n) is 15.5. The Morgan fingerprint density at radius 2 is 1.69 bits per heavy atom. The fourth-order valence-corrected chi connectivity index (χ4v) is 3.67. The van der Waals surface area contributed by atoms with Crippen LogP contribution in [0.1, 0.15) is 30.9 Å². The standard InChI is InChI=1S/C20H26N2O3S/c1-4-17-10-8-9-13-19(17)22(26(3,24)25)15-20(23)21-14-16(2)18-11-6-5-7-12-18/h5-13,16H,4,14-15H2,1-3H3,(H,21,23)/t16-/m0/s1. The number of sulfonamides is 1. The fraction of sp³-hybridized carbons (Fsp3) is 0.350. The number of para-hydroxylation sites is 1. The normalized spacial score (nSPS) is 12.4. The van der Waals surface area contributed by atoms with Gasteiger partial charge < -0.3 is 5.32 Å². The molecule has 0 aromatic heterocycles. The highest BCUT2D eigenvalue weighted by Gasteiger charge is 2.22. The third-order valence-corrected chi connectivity index (χ3v) is 5.43. The molecule has 0 radical (unpaired) electrons. The van der Waals surface area contributed by atoms with Crippen LogP contribution in [0.5, 0.6) is 0 Å². The van der Waals surface area contributed by atoms with Crippen molar-refractivity contribution in [3.05, 3.63) is 65.7 Å². The van der Waals surface area contributed by atoms with Gasteiger partial charge in [-0.3, -0.25) is 9.10 Å². The van der Waals surface area contributed by atoms with E-state index in [4.69, 9.17) is 0 Å². The number of nitrogens with one attached hydrogen (secondary N) is 1. The molecule has 0 aliphatic carbocycles. The number of aryl methyl sites for hydroxylation is 1. The van der Waals surface area contributed by atoms with Crippen LogP contribution in [0.2, 0.25) is 0 Å². The smallest absolute Gasteiger partial charge is 0.240 e. The lowest BCUT2D eigenvalue weighted by molar-refractivity contribution is -0.119. The van der Waals surface area contributed by atoms with Crippen molar-refractivity contribution < 1.29 is 13.2 Å². The number of rotatable bonds is 8. The Morgan fingerprint density at radius 3 is 2.31 bits per heavy atom. The molecule has 1 amide bonds. The molecule has 0 heterocycles. The first kappa shape index (κ1) is 20.0. The summed E-state index contributed by atoms with van der Waals surface area (Å²) in [7, 11) is -3.56. The lowest BCUT2D eigenvalue weighted by atomic mass is 10.0. The quantitative estimate of drug-likeness (QED) is 0.772. The van der Waals surface area contributed by atoms with Crippen LogP contribution in [0.4, 0.5) is 5.69 Å². The first-order valence-corrected chi connectivity index (χ1v) is 10.5. The highest BCUT2D eigenvalue weighted by molar-refractivity contribution is 7.92. The number of nitrogens with zero attached hydrogens (tertiary/aromatic N) is 1. The van der Waals surface area contributed by atoms with Crippen LogP contribution in [0.3, 0.4) is 0 Å². The second kappa shape index (κ2) is 8.85. The van der Waals surface area contributed by atoms with E-state index in [1.54, 1.807) is 12.1 Å². The van der Waals surface area contributed by atoms with E-state index >= 15 is 0 Å². The molecule has 0 aliphatic heterocycles. The Kier molecular flexibility index (Phi) is 6.80. The van der Waals surface area contributed by atoms with Gasteiger partial charge in [-0.2, -0.15) is 0 Å². The molecule has 2 rings (SSSR count). The molecule has 1 atom stereocenters. The Morgan fingerprint density at radius 1 is 1.08 bits per heavy atom. The SMILES string of the molecule is CCc1ccccc1N(CC(=O)NC[C@H](C)c1ccccc1)S(C)(=O)=O. The molecule has 0 saturated carbocycles. The number of carbonyl (C=O) groups is 1. The van der Waals surface area contributed by atoms with E-state index in [1.165, 1.54) is 4.31 Å². The Labute approximate surface area is 156 Å². The van der Waals surface area contributed by atoms with E-state index in [1.807, 2.05) is 56.3 Å². The topological polar surface area (TPSA) is 66.5 Å². The molecule has 0 aliphatic rings. The Balaban J connectivity index is 2.08. The molecule has 140 valence electrons. The van der Waals surface area contributed by atoms with Crippen LogP contribution in [-0.2, 0) is 21.2 Å². The van der Waals surface area contributed by atoms with Gasteiger partial charge in [0.25, 0.3) is 0 Å². The number of anilines is 1. The van der Waals surface area contributed by atoms with Gasteiger partial charge in [0.05, 0.1) is 11.9 Å². The average molecular weight is 375 g/mol. The van der Waals surface area contributed by atoms with Crippen molar-refractivity contribution in [2.75, 3.05) is 23.7 Å². The highest BCUT2D eigenvalue weighted by atomic mass is 32.2. The lowest BCUT2D eigenvalue weighted by Gasteiger charge is -2.24. The minimum absolute atomic E-state index is 0.148. The summed E-state index contributed by atoms with van der Waals surface area (Å²) >= 11 is 0. The Bertz CT molecular complexity index is 835. The summed E-state index contributed by atoms with van der Waals surface area (Å²) in [4.78, 5) is 12.4. The molecule has 26 heavy (non-hydrogen) atoms. The van der Waals surface area contributed by atoms with E-state index in [-0.39, 0.29) is 18.4 Å². The van der Waals surface area contributed by atoms with Gasteiger partial charge in [0.15, 0.2) is 0 Å². The summed E-state index contributed by atoms with van der Waals surface area (Å²) in [6.45, 7) is 4.21. The predicted octanol–water partition coefficient (Wildman–Crippen LogP) is 2.93. The molecule has 0 saturated heterocycles. The molecule has 0 spiro atoms. The van der Waals surface area contributed by atoms with Gasteiger partial charge in [0, 0.05) is 6.54 Å². The van der Waals surface area contributed by atoms with Gasteiger partial charge in [-0.25, -0.2) is 8.42 Å². The highest BCUT2D eigenvalue weighted by Crippen LogP contribution is 2.23. The zero-order chi connectivity index (χ0) is 19.2. The van der Waals surface area contributed by atoms with Crippen LogP contribution in [0.25, 0.3) is 0 Å². The van der Waals surface area contributed by atoms with Crippen LogP contribution in [-0.4, -0.2) is 33.7 Å². The van der Waals surface area contributed by atoms with Crippen molar-refractivity contribution in [2.45, 2.75) is 26.2 Å². The third kappa shape index (κ3) is 5.33. The number of carbonyl (C=O) groups excluding carboxylic acids is 1. The molecule has 2 aromatic carbocycles. The van der Waals surface area contributed by atoms with Crippen molar-refractivity contribution >= 4 is 21.6 Å². The van der Waals surface area contributed by atoms with Gasteiger partial charge in [-0.05, 0) is 29.5 Å². The molecule has 0 unspecified atom stereocenters. The largest absolute Gasteiger partial charge is 0.354 e. The summed E-state index contributed by atoms with van der Waals surface area (Å²) < 4.78 is 25.7. The van der Waals surface area contributed by atoms with E-state index in [2.05, 4.69) is 5.32 Å². The molecule has 2 aromatic rings. The van der Waals surface area contributed by atoms with E-state index < -0.39 is 10.0 Å². The molecular weight excluding hydrogens is 348 g/mol. The average Bonchev–Trinajstić information content (AvgIpc) is 2.64. The van der Waals surface area contributed by atoms with Gasteiger partial charge >= 0.3 is 0 Å². The zero-order valence-corrected chi connectivity index (χ0v) is 16.3. The first-order chi connectivity index (χ1) is 12.3. The number of benzene rings is 2. The minimum atomic E-state index is -3.56. The van der Waals surface area contributed by atoms with Crippen molar-refractivity contribution in [2.24, 2.45) is 0 Å². The number of amides is 1. The molecule has 0 fully saturated rings. The maximum Gasteiger partial charge on any atom is 0.240 e. The monoisotopic (exact) mass is 374 g/mol. The summed E-state index contributed by atoms with van der Waals surface area (Å²) in [6, 6.07) is 17.1. The van der Waals surface area contributed by atoms with E-state index in [0.717, 1.165) is 17.4 Å². The summed E-state index contributed by atoms with van der Waals surface area (Å²) in [6.07, 6.45) is 1.81. The molecule has 5 nitrogen and oxygen atoms in total. The van der Waals surface area contributed by atoms with E-state index in [0.29, 0.717) is 18.7 Å². The van der Waals surface area contributed by atoms with Crippen molar-refractivity contribution in [3.63, 3.8) is 0 Å². The summed E-state index contributed by atoms with van der Waals surface area (Å²) in [5.74, 6) is -0.168. The summed E-state index contributed by atoms with van der Waals surface area (Å²) in [5.41, 5.74) is 2.58. The summed E-state index contributed by atoms with van der Waals surface area (Å²) in [5, 5.41) is 2.85. The van der Waals surface area contributed by atoms with Crippen molar-refractivity contribution in [1.82, 2.24) is 5.32 Å². The molecule has 6 heteroatoms. The maximum absolute atomic E-state index is 12.4. The molecular formula is C20H26N2O3S. The van der Waals surface area contributed by atoms with Crippen LogP contribution >= 0.6 is 0 Å². The third-order valence-electron chi connectivity index (χ3n) is 4.30. The second-order valence-corrected chi connectivity index (χ2v) is 8.27. The van der Waals surface area contributed by atoms with Crippen LogP contribution in [0.15, 0.2) is 54.6 Å². The van der Waals surface area contributed by atoms with Gasteiger partial charge in [-0.15, -0.1) is 0 Å². The minimum Gasteiger partial charge on any atom is -0.354 e.